The molecule has 0 saturated carbocycles. The van der Waals surface area contributed by atoms with Crippen LogP contribution < -0.4 is 10.1 Å². The summed E-state index contributed by atoms with van der Waals surface area (Å²) >= 11 is 0. The number of hydrogen-bond acceptors (Lipinski definition) is 3. The van der Waals surface area contributed by atoms with Crippen LogP contribution in [0.4, 0.5) is 0 Å². The number of ether oxygens (including phenoxy) is 1. The topological polar surface area (TPSA) is 24.5 Å². The molecule has 3 nitrogen and oxygen atoms in total. The smallest absolute Gasteiger partial charge is 0.124 e. The molecular formula is C25H28N2O. The monoisotopic (exact) mass is 372 g/mol. The number of rotatable bonds is 6. The number of nitrogens with zero attached hydrogens (tertiary/aromatic N) is 1. The van der Waals surface area contributed by atoms with Crippen molar-refractivity contribution in [2.24, 2.45) is 0 Å². The van der Waals surface area contributed by atoms with E-state index in [1.165, 1.54) is 16.7 Å². The maximum atomic E-state index is 6.31. The van der Waals surface area contributed by atoms with Gasteiger partial charge in [-0.2, -0.15) is 0 Å². The first kappa shape index (κ1) is 18.7. The fraction of sp³-hybridized carbons (Fsp3) is 0.280. The van der Waals surface area contributed by atoms with Crippen LogP contribution in [0.2, 0.25) is 0 Å². The van der Waals surface area contributed by atoms with E-state index in [-0.39, 0.29) is 6.04 Å². The van der Waals surface area contributed by atoms with E-state index < -0.39 is 0 Å². The molecule has 1 unspecified atom stereocenters. The molecule has 0 amide bonds. The molecule has 0 bridgehead atoms. The van der Waals surface area contributed by atoms with Crippen LogP contribution in [0.15, 0.2) is 84.9 Å². The van der Waals surface area contributed by atoms with Crippen molar-refractivity contribution < 1.29 is 4.74 Å². The Hall–Kier alpha value is -2.62. The highest BCUT2D eigenvalue weighted by atomic mass is 16.5. The van der Waals surface area contributed by atoms with E-state index in [0.717, 1.165) is 38.3 Å². The average molecular weight is 373 g/mol. The molecule has 1 fully saturated rings. The Morgan fingerprint density at radius 1 is 0.786 bits per heavy atom. The molecule has 3 aromatic carbocycles. The predicted molar refractivity (Wildman–Crippen MR) is 115 cm³/mol. The van der Waals surface area contributed by atoms with Crippen molar-refractivity contribution in [3.63, 3.8) is 0 Å². The normalized spacial score (nSPS) is 16.3. The third kappa shape index (κ3) is 4.61. The van der Waals surface area contributed by atoms with Crippen LogP contribution in [0.3, 0.4) is 0 Å². The van der Waals surface area contributed by atoms with Crippen LogP contribution in [0, 0.1) is 0 Å². The van der Waals surface area contributed by atoms with Crippen molar-refractivity contribution in [3.8, 4) is 5.75 Å². The largest absolute Gasteiger partial charge is 0.489 e. The Balaban J connectivity index is 1.66. The second-order valence-corrected chi connectivity index (χ2v) is 7.26. The Bertz CT molecular complexity index is 843. The van der Waals surface area contributed by atoms with Gasteiger partial charge in [0.15, 0.2) is 0 Å². The van der Waals surface area contributed by atoms with Crippen molar-refractivity contribution in [2.75, 3.05) is 26.2 Å². The predicted octanol–water partition coefficient (Wildman–Crippen LogP) is 4.65. The number of benzene rings is 3. The Morgan fingerprint density at radius 3 is 2.32 bits per heavy atom. The molecule has 1 atom stereocenters. The highest BCUT2D eigenvalue weighted by molar-refractivity contribution is 5.42. The lowest BCUT2D eigenvalue weighted by Crippen LogP contribution is -2.33. The molecule has 0 radical (unpaired) electrons. The highest BCUT2D eigenvalue weighted by Gasteiger charge is 2.25. The zero-order chi connectivity index (χ0) is 19.0. The maximum Gasteiger partial charge on any atom is 0.124 e. The summed E-state index contributed by atoms with van der Waals surface area (Å²) in [5.41, 5.74) is 3.75. The first-order chi connectivity index (χ1) is 13.9. The summed E-state index contributed by atoms with van der Waals surface area (Å²) in [6.45, 7) is 4.81. The van der Waals surface area contributed by atoms with E-state index in [1.807, 2.05) is 6.07 Å². The molecule has 144 valence electrons. The fourth-order valence-electron chi connectivity index (χ4n) is 3.92. The van der Waals surface area contributed by atoms with Crippen molar-refractivity contribution in [3.05, 3.63) is 102 Å². The summed E-state index contributed by atoms with van der Waals surface area (Å²) in [5.74, 6) is 0.970. The van der Waals surface area contributed by atoms with E-state index in [0.29, 0.717) is 6.61 Å². The van der Waals surface area contributed by atoms with Gasteiger partial charge in [0.05, 0.1) is 6.04 Å². The first-order valence-corrected chi connectivity index (χ1v) is 10.2. The molecule has 1 heterocycles. The van der Waals surface area contributed by atoms with Gasteiger partial charge in [0, 0.05) is 25.2 Å². The molecule has 0 aliphatic carbocycles. The number of hydrogen-bond donors (Lipinski definition) is 1. The second-order valence-electron chi connectivity index (χ2n) is 7.26. The standard InChI is InChI=1S/C25H28N2O/c1-3-10-21(11-4-1)20-28-24-15-8-7-14-23(24)25(22-12-5-2-6-13-22)27-18-9-16-26-17-19-27/h1-8,10-15,25-26H,9,16-20H2. The lowest BCUT2D eigenvalue weighted by molar-refractivity contribution is 0.230. The summed E-state index contributed by atoms with van der Waals surface area (Å²) in [6.07, 6.45) is 1.16. The van der Waals surface area contributed by atoms with Crippen molar-refractivity contribution in [2.45, 2.75) is 19.1 Å². The molecule has 1 N–H and O–H groups in total. The lowest BCUT2D eigenvalue weighted by Gasteiger charge is -2.32. The SMILES string of the molecule is c1ccc(COc2ccccc2C(c2ccccc2)N2CCCNCC2)cc1. The minimum atomic E-state index is 0.202. The third-order valence-electron chi connectivity index (χ3n) is 5.31. The minimum absolute atomic E-state index is 0.202. The molecule has 1 aliphatic heterocycles. The van der Waals surface area contributed by atoms with Gasteiger partial charge in [0.2, 0.25) is 0 Å². The molecular weight excluding hydrogens is 344 g/mol. The van der Waals surface area contributed by atoms with Crippen molar-refractivity contribution in [1.82, 2.24) is 10.2 Å². The molecule has 1 saturated heterocycles. The molecule has 28 heavy (non-hydrogen) atoms. The summed E-state index contributed by atoms with van der Waals surface area (Å²) in [6, 6.07) is 29.9. The minimum Gasteiger partial charge on any atom is -0.489 e. The molecule has 0 aromatic heterocycles. The van der Waals surface area contributed by atoms with Crippen molar-refractivity contribution in [1.29, 1.82) is 0 Å². The Labute approximate surface area is 168 Å². The van der Waals surface area contributed by atoms with Crippen LogP contribution >= 0.6 is 0 Å². The molecule has 4 rings (SSSR count). The van der Waals surface area contributed by atoms with E-state index in [9.17, 15) is 0 Å². The molecule has 1 aliphatic rings. The van der Waals surface area contributed by atoms with Crippen LogP contribution in [0.5, 0.6) is 5.75 Å². The third-order valence-corrected chi connectivity index (χ3v) is 5.31. The molecule has 3 heteroatoms. The lowest BCUT2D eigenvalue weighted by atomic mass is 9.96. The van der Waals surface area contributed by atoms with Gasteiger partial charge in [0.25, 0.3) is 0 Å². The van der Waals surface area contributed by atoms with Crippen LogP contribution in [0.25, 0.3) is 0 Å². The summed E-state index contributed by atoms with van der Waals surface area (Å²) in [4.78, 5) is 2.58. The van der Waals surface area contributed by atoms with Gasteiger partial charge in [0.1, 0.15) is 12.4 Å². The maximum absolute atomic E-state index is 6.31. The molecule has 0 spiro atoms. The zero-order valence-electron chi connectivity index (χ0n) is 16.3. The first-order valence-electron chi connectivity index (χ1n) is 10.2. The molecule has 3 aromatic rings. The van der Waals surface area contributed by atoms with Gasteiger partial charge < -0.3 is 10.1 Å². The summed E-state index contributed by atoms with van der Waals surface area (Å²) < 4.78 is 6.31. The van der Waals surface area contributed by atoms with Gasteiger partial charge in [-0.3, -0.25) is 4.90 Å². The van der Waals surface area contributed by atoms with Crippen LogP contribution in [-0.4, -0.2) is 31.1 Å². The van der Waals surface area contributed by atoms with E-state index in [4.69, 9.17) is 4.74 Å². The van der Waals surface area contributed by atoms with Crippen LogP contribution in [0.1, 0.15) is 29.2 Å². The van der Waals surface area contributed by atoms with Crippen molar-refractivity contribution >= 4 is 0 Å². The zero-order valence-corrected chi connectivity index (χ0v) is 16.3. The van der Waals surface area contributed by atoms with Gasteiger partial charge in [-0.05, 0) is 30.2 Å². The van der Waals surface area contributed by atoms with E-state index >= 15 is 0 Å². The van der Waals surface area contributed by atoms with Gasteiger partial charge in [-0.25, -0.2) is 0 Å². The Morgan fingerprint density at radius 2 is 1.50 bits per heavy atom. The number of nitrogens with one attached hydrogen (secondary N) is 1. The van der Waals surface area contributed by atoms with E-state index in [2.05, 4.69) is 89.1 Å². The average Bonchev–Trinajstić information content (AvgIpc) is 3.04. The quantitative estimate of drug-likeness (QED) is 0.682. The van der Waals surface area contributed by atoms with Gasteiger partial charge in [-0.15, -0.1) is 0 Å². The Kier molecular flexibility index (Phi) is 6.38. The highest BCUT2D eigenvalue weighted by Crippen LogP contribution is 2.35. The summed E-state index contributed by atoms with van der Waals surface area (Å²) in [7, 11) is 0. The second kappa shape index (κ2) is 9.54. The van der Waals surface area contributed by atoms with Gasteiger partial charge in [-0.1, -0.05) is 78.9 Å². The van der Waals surface area contributed by atoms with Gasteiger partial charge >= 0.3 is 0 Å². The van der Waals surface area contributed by atoms with E-state index in [1.54, 1.807) is 0 Å². The number of para-hydroxylation sites is 1. The van der Waals surface area contributed by atoms with Crippen LogP contribution in [-0.2, 0) is 6.61 Å². The fourth-order valence-corrected chi connectivity index (χ4v) is 3.92. The summed E-state index contributed by atoms with van der Waals surface area (Å²) in [5, 5.41) is 3.52.